The molecule has 1 saturated heterocycles. The zero-order valence-corrected chi connectivity index (χ0v) is 18.2. The number of nitrogens with one attached hydrogen (secondary N) is 1. The molecule has 0 unspecified atom stereocenters. The fraction of sp³-hybridized carbons (Fsp3) is 0.261. The van der Waals surface area contributed by atoms with Gasteiger partial charge in [0.1, 0.15) is 12.3 Å². The SMILES string of the molecule is CCOC(=O)CN1C(=S)N[C@H](c2ccccn2)[C@H]1c1cccn1-c1ccccc1OC. The normalized spacial score (nSPS) is 18.0. The van der Waals surface area contributed by atoms with E-state index in [-0.39, 0.29) is 24.6 Å². The van der Waals surface area contributed by atoms with Crippen molar-refractivity contribution in [3.05, 3.63) is 78.4 Å². The molecule has 0 amide bonds. The van der Waals surface area contributed by atoms with Crippen LogP contribution in [0.5, 0.6) is 5.75 Å². The second-order valence-electron chi connectivity index (χ2n) is 7.03. The number of ether oxygens (including phenoxy) is 2. The minimum Gasteiger partial charge on any atom is -0.495 e. The van der Waals surface area contributed by atoms with Gasteiger partial charge in [0, 0.05) is 18.1 Å². The second kappa shape index (κ2) is 9.18. The number of esters is 1. The van der Waals surface area contributed by atoms with E-state index in [1.807, 2.05) is 65.7 Å². The molecule has 1 aliphatic heterocycles. The quantitative estimate of drug-likeness (QED) is 0.450. The van der Waals surface area contributed by atoms with Crippen LogP contribution in [-0.2, 0) is 9.53 Å². The smallest absolute Gasteiger partial charge is 0.325 e. The number of rotatable bonds is 7. The van der Waals surface area contributed by atoms with E-state index >= 15 is 0 Å². The summed E-state index contributed by atoms with van der Waals surface area (Å²) >= 11 is 5.63. The molecule has 1 aliphatic rings. The highest BCUT2D eigenvalue weighted by Gasteiger charge is 2.42. The number of hydrogen-bond acceptors (Lipinski definition) is 5. The van der Waals surface area contributed by atoms with Gasteiger partial charge in [0.25, 0.3) is 0 Å². The predicted molar refractivity (Wildman–Crippen MR) is 121 cm³/mol. The van der Waals surface area contributed by atoms with Crippen molar-refractivity contribution in [2.75, 3.05) is 20.3 Å². The van der Waals surface area contributed by atoms with Crippen molar-refractivity contribution in [1.29, 1.82) is 0 Å². The number of nitrogens with zero attached hydrogens (tertiary/aromatic N) is 3. The third-order valence-corrected chi connectivity index (χ3v) is 5.58. The van der Waals surface area contributed by atoms with Gasteiger partial charge in [0.15, 0.2) is 5.11 Å². The van der Waals surface area contributed by atoms with Crippen molar-refractivity contribution < 1.29 is 14.3 Å². The van der Waals surface area contributed by atoms with E-state index in [1.165, 1.54) is 0 Å². The standard InChI is InChI=1S/C23H24N4O3S/c1-3-30-20(28)15-27-22(21(25-23(27)31)16-9-6-7-13-24-16)18-11-8-14-26(18)17-10-4-5-12-19(17)29-2/h4-14,21-22H,3,15H2,1-2H3,(H,25,31)/t21-,22-/m1/s1. The van der Waals surface area contributed by atoms with Gasteiger partial charge in [-0.15, -0.1) is 0 Å². The zero-order valence-electron chi connectivity index (χ0n) is 17.4. The van der Waals surface area contributed by atoms with E-state index in [2.05, 4.69) is 14.9 Å². The Kier molecular flexibility index (Phi) is 6.18. The third-order valence-electron chi connectivity index (χ3n) is 5.23. The highest BCUT2D eigenvalue weighted by atomic mass is 32.1. The van der Waals surface area contributed by atoms with Crippen molar-refractivity contribution in [3.63, 3.8) is 0 Å². The molecule has 1 aromatic carbocycles. The monoisotopic (exact) mass is 436 g/mol. The van der Waals surface area contributed by atoms with Crippen LogP contribution in [0.3, 0.4) is 0 Å². The van der Waals surface area contributed by atoms with E-state index in [4.69, 9.17) is 21.7 Å². The molecule has 7 nitrogen and oxygen atoms in total. The summed E-state index contributed by atoms with van der Waals surface area (Å²) in [7, 11) is 1.65. The van der Waals surface area contributed by atoms with Gasteiger partial charge in [-0.1, -0.05) is 18.2 Å². The van der Waals surface area contributed by atoms with Crippen LogP contribution in [-0.4, -0.2) is 45.8 Å². The first-order valence-electron chi connectivity index (χ1n) is 10.1. The van der Waals surface area contributed by atoms with Crippen molar-refractivity contribution in [3.8, 4) is 11.4 Å². The first-order valence-corrected chi connectivity index (χ1v) is 10.5. The van der Waals surface area contributed by atoms with Gasteiger partial charge in [-0.2, -0.15) is 0 Å². The highest BCUT2D eigenvalue weighted by Crippen LogP contribution is 2.40. The molecule has 0 saturated carbocycles. The summed E-state index contributed by atoms with van der Waals surface area (Å²) < 4.78 is 12.8. The number of benzene rings is 1. The average Bonchev–Trinajstić information content (AvgIpc) is 3.39. The Morgan fingerprint density at radius 1 is 1.16 bits per heavy atom. The van der Waals surface area contributed by atoms with Crippen molar-refractivity contribution >= 4 is 23.3 Å². The number of pyridine rings is 1. The maximum Gasteiger partial charge on any atom is 0.325 e. The van der Waals surface area contributed by atoms with Gasteiger partial charge < -0.3 is 24.3 Å². The minimum atomic E-state index is -0.325. The summed E-state index contributed by atoms with van der Waals surface area (Å²) in [5, 5.41) is 3.84. The molecular weight excluding hydrogens is 412 g/mol. The summed E-state index contributed by atoms with van der Waals surface area (Å²) in [6, 6.07) is 17.1. The molecule has 0 radical (unpaired) electrons. The van der Waals surface area contributed by atoms with Crippen LogP contribution in [0.15, 0.2) is 67.0 Å². The molecule has 3 aromatic rings. The number of para-hydroxylation sites is 2. The maximum absolute atomic E-state index is 12.4. The number of aromatic nitrogens is 2. The van der Waals surface area contributed by atoms with Gasteiger partial charge in [0.2, 0.25) is 0 Å². The lowest BCUT2D eigenvalue weighted by molar-refractivity contribution is -0.143. The molecule has 31 heavy (non-hydrogen) atoms. The summed E-state index contributed by atoms with van der Waals surface area (Å²) in [6.45, 7) is 2.16. The Labute approximate surface area is 186 Å². The molecule has 1 N–H and O–H groups in total. The van der Waals surface area contributed by atoms with E-state index in [9.17, 15) is 4.79 Å². The molecule has 4 rings (SSSR count). The molecule has 2 aromatic heterocycles. The van der Waals surface area contributed by atoms with Crippen molar-refractivity contribution in [2.45, 2.75) is 19.0 Å². The van der Waals surface area contributed by atoms with Crippen LogP contribution in [0.25, 0.3) is 5.69 Å². The van der Waals surface area contributed by atoms with Crippen molar-refractivity contribution in [2.24, 2.45) is 0 Å². The highest BCUT2D eigenvalue weighted by molar-refractivity contribution is 7.80. The predicted octanol–water partition coefficient (Wildman–Crippen LogP) is 3.42. The topological polar surface area (TPSA) is 68.6 Å². The first-order chi connectivity index (χ1) is 15.1. The largest absolute Gasteiger partial charge is 0.495 e. The number of carbonyl (C=O) groups excluding carboxylic acids is 1. The van der Waals surface area contributed by atoms with Gasteiger partial charge in [-0.25, -0.2) is 0 Å². The van der Waals surface area contributed by atoms with E-state index in [1.54, 1.807) is 20.2 Å². The Balaban J connectivity index is 1.81. The molecular formula is C23H24N4O3S. The zero-order chi connectivity index (χ0) is 21.8. The fourth-order valence-electron chi connectivity index (χ4n) is 3.93. The number of hydrogen-bond donors (Lipinski definition) is 1. The van der Waals surface area contributed by atoms with Crippen LogP contribution in [0, 0.1) is 0 Å². The summed E-state index contributed by atoms with van der Waals surface area (Å²) in [6.07, 6.45) is 3.73. The Morgan fingerprint density at radius 2 is 1.97 bits per heavy atom. The van der Waals surface area contributed by atoms with E-state index in [0.717, 1.165) is 22.8 Å². The lowest BCUT2D eigenvalue weighted by Gasteiger charge is -2.28. The van der Waals surface area contributed by atoms with E-state index in [0.29, 0.717) is 11.7 Å². The van der Waals surface area contributed by atoms with E-state index < -0.39 is 0 Å². The van der Waals surface area contributed by atoms with Crippen LogP contribution in [0.1, 0.15) is 30.4 Å². The summed E-state index contributed by atoms with van der Waals surface area (Å²) in [5.41, 5.74) is 2.70. The molecule has 0 spiro atoms. The molecule has 1 fully saturated rings. The summed E-state index contributed by atoms with van der Waals surface area (Å²) in [5.74, 6) is 0.425. The Hall–Kier alpha value is -3.39. The lowest BCUT2D eigenvalue weighted by Crippen LogP contribution is -2.36. The number of methoxy groups -OCH3 is 1. The molecule has 160 valence electrons. The first kappa shape index (κ1) is 20.9. The van der Waals surface area contributed by atoms with Gasteiger partial charge in [-0.3, -0.25) is 9.78 Å². The van der Waals surface area contributed by atoms with Crippen LogP contribution >= 0.6 is 12.2 Å². The molecule has 2 atom stereocenters. The molecule has 0 bridgehead atoms. The van der Waals surface area contributed by atoms with Gasteiger partial charge in [-0.05, 0) is 55.5 Å². The number of carbonyl (C=O) groups is 1. The van der Waals surface area contributed by atoms with Crippen LogP contribution in [0.4, 0.5) is 0 Å². The van der Waals surface area contributed by atoms with Crippen molar-refractivity contribution in [1.82, 2.24) is 19.8 Å². The number of thiocarbonyl (C=S) groups is 1. The van der Waals surface area contributed by atoms with Crippen LogP contribution < -0.4 is 10.1 Å². The lowest BCUT2D eigenvalue weighted by atomic mass is 10.0. The summed E-state index contributed by atoms with van der Waals surface area (Å²) in [4.78, 5) is 18.8. The Morgan fingerprint density at radius 3 is 2.71 bits per heavy atom. The molecule has 3 heterocycles. The van der Waals surface area contributed by atoms with Crippen LogP contribution in [0.2, 0.25) is 0 Å². The van der Waals surface area contributed by atoms with Gasteiger partial charge >= 0.3 is 5.97 Å². The Bertz CT molecular complexity index is 1070. The molecule has 8 heteroatoms. The second-order valence-corrected chi connectivity index (χ2v) is 7.42. The molecule has 0 aliphatic carbocycles. The third kappa shape index (κ3) is 4.11. The maximum atomic E-state index is 12.4. The average molecular weight is 437 g/mol. The van der Waals surface area contributed by atoms with Gasteiger partial charge in [0.05, 0.1) is 37.2 Å². The minimum absolute atomic E-state index is 0.0464. The fourth-order valence-corrected chi connectivity index (χ4v) is 4.23.